The molecule has 0 bridgehead atoms. The molecule has 0 saturated heterocycles. The fourth-order valence-corrected chi connectivity index (χ4v) is 1.80. The topological polar surface area (TPSA) is 134 Å². The number of nitrogens with zero attached hydrogens (tertiary/aromatic N) is 1. The van der Waals surface area contributed by atoms with E-state index in [9.17, 15) is 13.2 Å². The van der Waals surface area contributed by atoms with Crippen LogP contribution in [0.4, 0.5) is 11.5 Å². The Balaban J connectivity index is 2.49. The first-order valence-corrected chi connectivity index (χ1v) is 7.37. The van der Waals surface area contributed by atoms with Crippen molar-refractivity contribution in [2.24, 2.45) is 0 Å². The molecule has 0 saturated carbocycles. The molecule has 1 rings (SSSR count). The summed E-state index contributed by atoms with van der Waals surface area (Å²) in [5, 5.41) is 11.7. The van der Waals surface area contributed by atoms with Crippen LogP contribution in [0.5, 0.6) is 0 Å². The first kappa shape index (κ1) is 15.2. The van der Waals surface area contributed by atoms with Crippen LogP contribution >= 0.6 is 0 Å². The molecule has 5 N–H and O–H groups in total. The standard InChI is InChI=1S/C10H16N4O4S/c1-19(17,18)13-6-2-5-12-9-7(11)3-4-8(14-9)10(15)16/h3-4,13H,2,5-6,11H2,1H3,(H,12,14)(H,15,16). The molecule has 0 atom stereocenters. The second-order valence-electron chi connectivity index (χ2n) is 3.89. The molecule has 0 amide bonds. The summed E-state index contributed by atoms with van der Waals surface area (Å²) in [7, 11) is -3.19. The molecule has 0 radical (unpaired) electrons. The van der Waals surface area contributed by atoms with Crippen molar-refractivity contribution in [3.63, 3.8) is 0 Å². The van der Waals surface area contributed by atoms with E-state index < -0.39 is 16.0 Å². The van der Waals surface area contributed by atoms with Crippen LogP contribution in [-0.2, 0) is 10.0 Å². The number of carboxylic acids is 1. The Morgan fingerprint density at radius 3 is 2.68 bits per heavy atom. The minimum absolute atomic E-state index is 0.106. The van der Waals surface area contributed by atoms with Gasteiger partial charge in [0.05, 0.1) is 11.9 Å². The zero-order chi connectivity index (χ0) is 14.5. The number of carboxylic acid groups (broad SMARTS) is 1. The van der Waals surface area contributed by atoms with Crippen LogP contribution < -0.4 is 15.8 Å². The lowest BCUT2D eigenvalue weighted by molar-refractivity contribution is 0.0690. The normalized spacial score (nSPS) is 11.2. The van der Waals surface area contributed by atoms with E-state index >= 15 is 0 Å². The molecule has 0 spiro atoms. The SMILES string of the molecule is CS(=O)(=O)NCCCNc1nc(C(=O)O)ccc1N. The third-order valence-electron chi connectivity index (χ3n) is 2.16. The van der Waals surface area contributed by atoms with E-state index in [2.05, 4.69) is 15.0 Å². The number of hydrogen-bond donors (Lipinski definition) is 4. The summed E-state index contributed by atoms with van der Waals surface area (Å²) in [6.45, 7) is 0.702. The van der Waals surface area contributed by atoms with Gasteiger partial charge in [0.25, 0.3) is 0 Å². The summed E-state index contributed by atoms with van der Waals surface area (Å²) in [6, 6.07) is 2.77. The molecule has 1 aromatic rings. The molecule has 0 unspecified atom stereocenters. The molecule has 0 aliphatic rings. The predicted molar refractivity (Wildman–Crippen MR) is 71.6 cm³/mol. The molecule has 9 heteroatoms. The van der Waals surface area contributed by atoms with Crippen molar-refractivity contribution in [1.82, 2.24) is 9.71 Å². The minimum atomic E-state index is -3.19. The van der Waals surface area contributed by atoms with Crippen LogP contribution in [0.25, 0.3) is 0 Å². The van der Waals surface area contributed by atoms with E-state index in [-0.39, 0.29) is 18.1 Å². The maximum atomic E-state index is 10.8. The number of nitrogen functional groups attached to an aromatic ring is 1. The molecule has 0 fully saturated rings. The van der Waals surface area contributed by atoms with Crippen molar-refractivity contribution in [3.05, 3.63) is 17.8 Å². The van der Waals surface area contributed by atoms with E-state index in [0.29, 0.717) is 18.7 Å². The highest BCUT2D eigenvalue weighted by Gasteiger charge is 2.08. The Bertz CT molecular complexity index is 559. The Hall–Kier alpha value is -1.87. The van der Waals surface area contributed by atoms with Crippen LogP contribution in [0.15, 0.2) is 12.1 Å². The summed E-state index contributed by atoms with van der Waals surface area (Å²) < 4.78 is 24.0. The molecular weight excluding hydrogens is 272 g/mol. The van der Waals surface area contributed by atoms with Crippen molar-refractivity contribution < 1.29 is 18.3 Å². The van der Waals surface area contributed by atoms with E-state index in [1.54, 1.807) is 0 Å². The van der Waals surface area contributed by atoms with Crippen LogP contribution in [0.2, 0.25) is 0 Å². The number of rotatable bonds is 7. The van der Waals surface area contributed by atoms with Crippen LogP contribution in [0.3, 0.4) is 0 Å². The van der Waals surface area contributed by atoms with E-state index in [1.165, 1.54) is 12.1 Å². The number of pyridine rings is 1. The lowest BCUT2D eigenvalue weighted by atomic mass is 10.3. The Morgan fingerprint density at radius 1 is 1.42 bits per heavy atom. The number of nitrogens with one attached hydrogen (secondary N) is 2. The summed E-state index contributed by atoms with van der Waals surface area (Å²) >= 11 is 0. The summed E-state index contributed by atoms with van der Waals surface area (Å²) in [6.07, 6.45) is 1.60. The Labute approximate surface area is 111 Å². The van der Waals surface area contributed by atoms with Gasteiger partial charge in [-0.1, -0.05) is 0 Å². The number of aromatic nitrogens is 1. The Morgan fingerprint density at radius 2 is 2.11 bits per heavy atom. The van der Waals surface area contributed by atoms with Crippen molar-refractivity contribution in [2.45, 2.75) is 6.42 Å². The molecule has 0 aliphatic carbocycles. The van der Waals surface area contributed by atoms with Gasteiger partial charge in [0.15, 0.2) is 5.69 Å². The second-order valence-corrected chi connectivity index (χ2v) is 5.72. The van der Waals surface area contributed by atoms with Gasteiger partial charge in [0.2, 0.25) is 10.0 Å². The van der Waals surface area contributed by atoms with Gasteiger partial charge >= 0.3 is 5.97 Å². The van der Waals surface area contributed by atoms with E-state index in [4.69, 9.17) is 10.8 Å². The molecule has 0 aliphatic heterocycles. The molecule has 19 heavy (non-hydrogen) atoms. The van der Waals surface area contributed by atoms with Gasteiger partial charge in [0.1, 0.15) is 5.82 Å². The van der Waals surface area contributed by atoms with Gasteiger partial charge < -0.3 is 16.2 Å². The minimum Gasteiger partial charge on any atom is -0.477 e. The van der Waals surface area contributed by atoms with E-state index in [1.807, 2.05) is 0 Å². The van der Waals surface area contributed by atoms with Crippen LogP contribution in [0.1, 0.15) is 16.9 Å². The summed E-state index contributed by atoms with van der Waals surface area (Å²) in [4.78, 5) is 14.6. The number of aromatic carboxylic acids is 1. The zero-order valence-corrected chi connectivity index (χ0v) is 11.2. The summed E-state index contributed by atoms with van der Waals surface area (Å²) in [5.74, 6) is -0.860. The van der Waals surface area contributed by atoms with E-state index in [0.717, 1.165) is 6.26 Å². The number of sulfonamides is 1. The third-order valence-corrected chi connectivity index (χ3v) is 2.88. The molecule has 106 valence electrons. The van der Waals surface area contributed by atoms with Gasteiger partial charge in [-0.25, -0.2) is 22.9 Å². The number of anilines is 2. The molecular formula is C10H16N4O4S. The predicted octanol–water partition coefficient (Wildman–Crippen LogP) is -0.287. The maximum absolute atomic E-state index is 10.8. The van der Waals surface area contributed by atoms with Gasteiger partial charge in [-0.2, -0.15) is 0 Å². The zero-order valence-electron chi connectivity index (χ0n) is 10.4. The van der Waals surface area contributed by atoms with Crippen molar-refractivity contribution >= 4 is 27.5 Å². The average Bonchev–Trinajstić information content (AvgIpc) is 2.29. The molecule has 1 aromatic heterocycles. The van der Waals surface area contributed by atoms with Gasteiger partial charge in [-0.05, 0) is 18.6 Å². The summed E-state index contributed by atoms with van der Waals surface area (Å²) in [5.41, 5.74) is 5.87. The van der Waals surface area contributed by atoms with Crippen LogP contribution in [-0.4, -0.2) is 43.8 Å². The van der Waals surface area contributed by atoms with Crippen molar-refractivity contribution in [1.29, 1.82) is 0 Å². The number of hydrogen-bond acceptors (Lipinski definition) is 6. The fourth-order valence-electron chi connectivity index (χ4n) is 1.28. The lowest BCUT2D eigenvalue weighted by Gasteiger charge is -2.09. The quantitative estimate of drug-likeness (QED) is 0.506. The van der Waals surface area contributed by atoms with Crippen molar-refractivity contribution in [3.8, 4) is 0 Å². The molecule has 1 heterocycles. The van der Waals surface area contributed by atoms with Gasteiger partial charge in [-0.15, -0.1) is 0 Å². The Kier molecular flexibility index (Phi) is 5.07. The fraction of sp³-hybridized carbons (Fsp3) is 0.400. The largest absolute Gasteiger partial charge is 0.477 e. The van der Waals surface area contributed by atoms with Gasteiger partial charge in [0, 0.05) is 13.1 Å². The molecule has 0 aromatic carbocycles. The number of carbonyl (C=O) groups is 1. The number of nitrogens with two attached hydrogens (primary N) is 1. The first-order valence-electron chi connectivity index (χ1n) is 5.48. The smallest absolute Gasteiger partial charge is 0.354 e. The highest BCUT2D eigenvalue weighted by Crippen LogP contribution is 2.15. The van der Waals surface area contributed by atoms with Crippen molar-refractivity contribution in [2.75, 3.05) is 30.4 Å². The van der Waals surface area contributed by atoms with Crippen LogP contribution in [0, 0.1) is 0 Å². The third kappa shape index (κ3) is 5.53. The molecule has 8 nitrogen and oxygen atoms in total. The second kappa shape index (κ2) is 6.34. The van der Waals surface area contributed by atoms with Gasteiger partial charge in [-0.3, -0.25) is 0 Å². The highest BCUT2D eigenvalue weighted by molar-refractivity contribution is 7.88. The maximum Gasteiger partial charge on any atom is 0.354 e. The monoisotopic (exact) mass is 288 g/mol. The first-order chi connectivity index (χ1) is 8.79. The highest BCUT2D eigenvalue weighted by atomic mass is 32.2. The lowest BCUT2D eigenvalue weighted by Crippen LogP contribution is -2.24. The average molecular weight is 288 g/mol.